The van der Waals surface area contributed by atoms with Crippen molar-refractivity contribution in [2.45, 2.75) is 46.5 Å². The van der Waals surface area contributed by atoms with E-state index in [2.05, 4.69) is 69.6 Å². The van der Waals surface area contributed by atoms with E-state index >= 15 is 0 Å². The molecule has 2 N–H and O–H groups in total. The zero-order valence-corrected chi connectivity index (χ0v) is 23.1. The van der Waals surface area contributed by atoms with Gasteiger partial charge in [-0.05, 0) is 99.7 Å². The van der Waals surface area contributed by atoms with Gasteiger partial charge in [0.25, 0.3) is 0 Å². The standard InChI is InChI=1S/C32H37N5O2/c1-20-13-27(14-21(2)35-20)31-22(3)28-10-8-25(15-29(28)36-31)26-9-11-30(33-17-26)37-12-4-5-24(18-37)16-34-32(38)39-19-23-6-7-23/h8-11,13-15,17,23-24,36H,4-7,12,16,18-19H2,1-3H3,(H,34,38). The number of carbonyl (C=O) groups excluding carboxylic acids is 1. The SMILES string of the molecule is Cc1cc(-c2[nH]c3cc(-c4ccc(N5CCCC(CNC(=O)OCC6CC6)C5)nc4)ccc3c2C)cc(C)n1. The van der Waals surface area contributed by atoms with Gasteiger partial charge >= 0.3 is 6.09 Å². The van der Waals surface area contributed by atoms with E-state index in [0.717, 1.165) is 65.5 Å². The molecule has 0 spiro atoms. The fraction of sp³-hybridized carbons (Fsp3) is 0.406. The van der Waals surface area contributed by atoms with Crippen LogP contribution in [0.3, 0.4) is 0 Å². The lowest BCUT2D eigenvalue weighted by atomic mass is 9.98. The number of hydrogen-bond acceptors (Lipinski definition) is 5. The maximum Gasteiger partial charge on any atom is 0.407 e. The number of benzene rings is 1. The highest BCUT2D eigenvalue weighted by atomic mass is 16.5. The van der Waals surface area contributed by atoms with E-state index in [1.54, 1.807) is 0 Å². The Morgan fingerprint density at radius 3 is 2.54 bits per heavy atom. The zero-order chi connectivity index (χ0) is 26.9. The number of fused-ring (bicyclic) bond motifs is 1. The van der Waals surface area contributed by atoms with Crippen LogP contribution in [0.1, 0.15) is 42.6 Å². The molecule has 4 heterocycles. The van der Waals surface area contributed by atoms with Gasteiger partial charge in [-0.25, -0.2) is 9.78 Å². The van der Waals surface area contributed by atoms with Crippen LogP contribution >= 0.6 is 0 Å². The summed E-state index contributed by atoms with van der Waals surface area (Å²) in [6, 6.07) is 15.1. The molecule has 6 rings (SSSR count). The Kier molecular flexibility index (Phi) is 6.98. The van der Waals surface area contributed by atoms with Crippen molar-refractivity contribution in [2.75, 3.05) is 31.1 Å². The summed E-state index contributed by atoms with van der Waals surface area (Å²) in [4.78, 5) is 27.3. The number of H-pyrrole nitrogens is 1. The predicted molar refractivity (Wildman–Crippen MR) is 156 cm³/mol. The van der Waals surface area contributed by atoms with Crippen molar-refractivity contribution < 1.29 is 9.53 Å². The average Bonchev–Trinajstić information content (AvgIpc) is 3.72. The molecule has 1 aromatic carbocycles. The Labute approximate surface area is 230 Å². The summed E-state index contributed by atoms with van der Waals surface area (Å²) in [7, 11) is 0. The Morgan fingerprint density at radius 1 is 1.00 bits per heavy atom. The number of alkyl carbamates (subject to hydrolysis) is 1. The average molecular weight is 524 g/mol. The highest BCUT2D eigenvalue weighted by Crippen LogP contribution is 2.33. The van der Waals surface area contributed by atoms with Gasteiger partial charge in [-0.3, -0.25) is 4.98 Å². The van der Waals surface area contributed by atoms with Gasteiger partial charge in [-0.1, -0.05) is 12.1 Å². The zero-order valence-electron chi connectivity index (χ0n) is 23.1. The van der Waals surface area contributed by atoms with Crippen LogP contribution in [0.5, 0.6) is 0 Å². The molecule has 1 unspecified atom stereocenters. The van der Waals surface area contributed by atoms with E-state index in [0.29, 0.717) is 25.0 Å². The smallest absolute Gasteiger partial charge is 0.407 e. The molecule has 4 aromatic rings. The van der Waals surface area contributed by atoms with E-state index < -0.39 is 0 Å². The van der Waals surface area contributed by atoms with Gasteiger partial charge in [0.2, 0.25) is 0 Å². The van der Waals surface area contributed by atoms with Crippen molar-refractivity contribution in [1.29, 1.82) is 0 Å². The van der Waals surface area contributed by atoms with Gasteiger partial charge in [0.15, 0.2) is 0 Å². The molecule has 1 aliphatic carbocycles. The first kappa shape index (κ1) is 25.4. The molecule has 202 valence electrons. The van der Waals surface area contributed by atoms with E-state index in [9.17, 15) is 4.79 Å². The van der Waals surface area contributed by atoms with Gasteiger partial charge in [0.05, 0.1) is 6.61 Å². The van der Waals surface area contributed by atoms with Crippen LogP contribution in [-0.4, -0.2) is 47.3 Å². The third-order valence-electron chi connectivity index (χ3n) is 8.03. The fourth-order valence-corrected chi connectivity index (χ4v) is 5.73. The summed E-state index contributed by atoms with van der Waals surface area (Å²) in [5.41, 5.74) is 8.98. The van der Waals surface area contributed by atoms with Gasteiger partial charge < -0.3 is 19.9 Å². The lowest BCUT2D eigenvalue weighted by Crippen LogP contribution is -2.41. The maximum absolute atomic E-state index is 12.0. The lowest BCUT2D eigenvalue weighted by Gasteiger charge is -2.33. The van der Waals surface area contributed by atoms with E-state index in [4.69, 9.17) is 9.72 Å². The number of pyridine rings is 2. The summed E-state index contributed by atoms with van der Waals surface area (Å²) < 4.78 is 5.31. The second kappa shape index (κ2) is 10.7. The van der Waals surface area contributed by atoms with E-state index in [1.807, 2.05) is 20.0 Å². The van der Waals surface area contributed by atoms with Crippen LogP contribution in [0.2, 0.25) is 0 Å². The molecular weight excluding hydrogens is 486 g/mol. The van der Waals surface area contributed by atoms with Crippen molar-refractivity contribution >= 4 is 22.8 Å². The summed E-state index contributed by atoms with van der Waals surface area (Å²) in [6.07, 6.45) is 6.25. The third kappa shape index (κ3) is 5.77. The second-order valence-electron chi connectivity index (χ2n) is 11.3. The molecule has 0 bridgehead atoms. The molecule has 1 saturated heterocycles. The molecule has 1 amide bonds. The predicted octanol–water partition coefficient (Wildman–Crippen LogP) is 6.57. The summed E-state index contributed by atoms with van der Waals surface area (Å²) in [6.45, 7) is 9.33. The largest absolute Gasteiger partial charge is 0.449 e. The Bertz CT molecular complexity index is 1470. The molecule has 1 aliphatic heterocycles. The topological polar surface area (TPSA) is 83.1 Å². The van der Waals surface area contributed by atoms with Crippen molar-refractivity contribution in [3.8, 4) is 22.4 Å². The second-order valence-corrected chi connectivity index (χ2v) is 11.3. The van der Waals surface area contributed by atoms with Gasteiger partial charge in [-0.15, -0.1) is 0 Å². The third-order valence-corrected chi connectivity index (χ3v) is 8.03. The first-order valence-corrected chi connectivity index (χ1v) is 14.1. The first-order valence-electron chi connectivity index (χ1n) is 14.1. The van der Waals surface area contributed by atoms with Crippen LogP contribution in [0.4, 0.5) is 10.6 Å². The molecule has 2 aliphatic rings. The number of carbonyl (C=O) groups is 1. The summed E-state index contributed by atoms with van der Waals surface area (Å²) in [5, 5.41) is 4.19. The number of aromatic amines is 1. The fourth-order valence-electron chi connectivity index (χ4n) is 5.73. The molecule has 0 radical (unpaired) electrons. The van der Waals surface area contributed by atoms with Crippen LogP contribution in [0.25, 0.3) is 33.3 Å². The first-order chi connectivity index (χ1) is 18.9. The van der Waals surface area contributed by atoms with Crippen molar-refractivity contribution in [2.24, 2.45) is 11.8 Å². The molecule has 1 atom stereocenters. The number of nitrogens with zero attached hydrogens (tertiary/aromatic N) is 3. The summed E-state index contributed by atoms with van der Waals surface area (Å²) >= 11 is 0. The quantitative estimate of drug-likeness (QED) is 0.286. The van der Waals surface area contributed by atoms with Crippen molar-refractivity contribution in [3.63, 3.8) is 0 Å². The highest BCUT2D eigenvalue weighted by Gasteiger charge is 2.24. The number of rotatable bonds is 7. The van der Waals surface area contributed by atoms with Crippen LogP contribution < -0.4 is 10.2 Å². The van der Waals surface area contributed by atoms with E-state index in [-0.39, 0.29) is 6.09 Å². The Balaban J connectivity index is 1.13. The minimum absolute atomic E-state index is 0.283. The number of hydrogen-bond donors (Lipinski definition) is 2. The minimum atomic E-state index is -0.283. The van der Waals surface area contributed by atoms with Gasteiger partial charge in [0, 0.05) is 64.9 Å². The van der Waals surface area contributed by atoms with Crippen molar-refractivity contribution in [3.05, 3.63) is 65.6 Å². The maximum atomic E-state index is 12.0. The molecule has 2 fully saturated rings. The molecule has 1 saturated carbocycles. The van der Waals surface area contributed by atoms with Crippen molar-refractivity contribution in [1.82, 2.24) is 20.3 Å². The molecule has 39 heavy (non-hydrogen) atoms. The minimum Gasteiger partial charge on any atom is -0.449 e. The molecule has 7 nitrogen and oxygen atoms in total. The molecule has 3 aromatic heterocycles. The highest BCUT2D eigenvalue weighted by molar-refractivity contribution is 5.93. The Morgan fingerprint density at radius 2 is 1.79 bits per heavy atom. The Hall–Kier alpha value is -3.87. The number of amides is 1. The van der Waals surface area contributed by atoms with Gasteiger partial charge in [-0.2, -0.15) is 0 Å². The number of ether oxygens (including phenoxy) is 1. The number of anilines is 1. The van der Waals surface area contributed by atoms with E-state index in [1.165, 1.54) is 29.4 Å². The lowest BCUT2D eigenvalue weighted by molar-refractivity contribution is 0.139. The van der Waals surface area contributed by atoms with Crippen LogP contribution in [0, 0.1) is 32.6 Å². The van der Waals surface area contributed by atoms with Gasteiger partial charge in [0.1, 0.15) is 5.82 Å². The number of aromatic nitrogens is 3. The molecular formula is C32H37N5O2. The number of aryl methyl sites for hydroxylation is 3. The number of piperidine rings is 1. The monoisotopic (exact) mass is 523 g/mol. The number of nitrogens with one attached hydrogen (secondary N) is 2. The van der Waals surface area contributed by atoms with Crippen LogP contribution in [0.15, 0.2) is 48.7 Å². The summed E-state index contributed by atoms with van der Waals surface area (Å²) in [5.74, 6) is 1.97. The molecule has 7 heteroatoms. The van der Waals surface area contributed by atoms with Crippen LogP contribution in [-0.2, 0) is 4.74 Å². The normalized spacial score (nSPS) is 17.4.